The fourth-order valence-electron chi connectivity index (χ4n) is 4.17. The number of ketones is 1. The predicted molar refractivity (Wildman–Crippen MR) is 125 cm³/mol. The topological polar surface area (TPSA) is 64.6 Å². The van der Waals surface area contributed by atoms with Crippen LogP contribution >= 0.6 is 23.2 Å². The molecule has 2 aromatic rings. The first-order chi connectivity index (χ1) is 15.4. The van der Waals surface area contributed by atoms with Crippen molar-refractivity contribution in [1.29, 1.82) is 0 Å². The monoisotopic (exact) mass is 469 g/mol. The second kappa shape index (κ2) is 8.85. The molecule has 1 N–H and O–H groups in total. The molecule has 1 aliphatic carbocycles. The molecule has 0 aromatic heterocycles. The SMILES string of the molecule is C=CCOc1c(Cl)cc([C@@H]2C(C(=O)OCC)=C(C)NC3=C2C(=O)c2ccccc23)cc1Cl. The van der Waals surface area contributed by atoms with Gasteiger partial charge in [0.05, 0.1) is 27.9 Å². The number of hydrogen-bond donors (Lipinski definition) is 1. The molecule has 0 radical (unpaired) electrons. The van der Waals surface area contributed by atoms with E-state index in [0.29, 0.717) is 39.4 Å². The van der Waals surface area contributed by atoms with E-state index in [1.54, 1.807) is 38.1 Å². The lowest BCUT2D eigenvalue weighted by Gasteiger charge is -2.29. The first-order valence-electron chi connectivity index (χ1n) is 10.1. The van der Waals surface area contributed by atoms with Crippen LogP contribution in [0.4, 0.5) is 0 Å². The van der Waals surface area contributed by atoms with Gasteiger partial charge in [-0.2, -0.15) is 0 Å². The molecule has 7 heteroatoms. The summed E-state index contributed by atoms with van der Waals surface area (Å²) in [6.07, 6.45) is 1.59. The fraction of sp³-hybridized carbons (Fsp3) is 0.200. The van der Waals surface area contributed by atoms with Crippen molar-refractivity contribution in [2.24, 2.45) is 0 Å². The Labute approximate surface area is 196 Å². The number of allylic oxidation sites excluding steroid dienone is 2. The molecule has 2 aliphatic rings. The average Bonchev–Trinajstić information content (AvgIpc) is 3.04. The molecule has 0 saturated heterocycles. The lowest BCUT2D eigenvalue weighted by Crippen LogP contribution is -2.29. The minimum Gasteiger partial charge on any atom is -0.486 e. The van der Waals surface area contributed by atoms with Crippen LogP contribution in [0, 0.1) is 0 Å². The third-order valence-electron chi connectivity index (χ3n) is 5.44. The van der Waals surface area contributed by atoms with Gasteiger partial charge in [-0.1, -0.05) is 60.1 Å². The van der Waals surface area contributed by atoms with E-state index in [2.05, 4.69) is 11.9 Å². The Morgan fingerprint density at radius 1 is 1.19 bits per heavy atom. The smallest absolute Gasteiger partial charge is 0.336 e. The van der Waals surface area contributed by atoms with Crippen molar-refractivity contribution in [2.45, 2.75) is 19.8 Å². The van der Waals surface area contributed by atoms with Gasteiger partial charge in [-0.15, -0.1) is 0 Å². The predicted octanol–water partition coefficient (Wildman–Crippen LogP) is 5.69. The minimum absolute atomic E-state index is 0.151. The fourth-order valence-corrected chi connectivity index (χ4v) is 4.78. The third-order valence-corrected chi connectivity index (χ3v) is 6.01. The molecule has 0 amide bonds. The Morgan fingerprint density at radius 2 is 1.84 bits per heavy atom. The van der Waals surface area contributed by atoms with Gasteiger partial charge in [0.1, 0.15) is 6.61 Å². The molecule has 0 unspecified atom stereocenters. The van der Waals surface area contributed by atoms with Crippen LogP contribution in [-0.2, 0) is 9.53 Å². The van der Waals surface area contributed by atoms with Gasteiger partial charge in [0.25, 0.3) is 0 Å². The number of ether oxygens (including phenoxy) is 2. The highest BCUT2D eigenvalue weighted by Crippen LogP contribution is 2.48. The van der Waals surface area contributed by atoms with Crippen molar-refractivity contribution in [3.05, 3.63) is 92.6 Å². The molecule has 5 nitrogen and oxygen atoms in total. The van der Waals surface area contributed by atoms with Crippen molar-refractivity contribution in [1.82, 2.24) is 5.32 Å². The van der Waals surface area contributed by atoms with E-state index in [1.165, 1.54) is 0 Å². The molecule has 0 spiro atoms. The summed E-state index contributed by atoms with van der Waals surface area (Å²) >= 11 is 13.0. The minimum atomic E-state index is -0.700. The quantitative estimate of drug-likeness (QED) is 0.434. The Balaban J connectivity index is 1.91. The van der Waals surface area contributed by atoms with Gasteiger partial charge in [0.15, 0.2) is 11.5 Å². The average molecular weight is 470 g/mol. The van der Waals surface area contributed by atoms with E-state index in [0.717, 1.165) is 5.56 Å². The van der Waals surface area contributed by atoms with Gasteiger partial charge < -0.3 is 14.8 Å². The number of nitrogens with one attached hydrogen (secondary N) is 1. The zero-order valence-electron chi connectivity index (χ0n) is 17.6. The molecule has 164 valence electrons. The zero-order valence-corrected chi connectivity index (χ0v) is 19.1. The van der Waals surface area contributed by atoms with Gasteiger partial charge >= 0.3 is 5.97 Å². The zero-order chi connectivity index (χ0) is 23.0. The lowest BCUT2D eigenvalue weighted by molar-refractivity contribution is -0.138. The Morgan fingerprint density at radius 3 is 2.47 bits per heavy atom. The van der Waals surface area contributed by atoms with E-state index < -0.39 is 11.9 Å². The van der Waals surface area contributed by atoms with Crippen LogP contribution in [0.1, 0.15) is 41.3 Å². The van der Waals surface area contributed by atoms with Crippen molar-refractivity contribution >= 4 is 40.7 Å². The summed E-state index contributed by atoms with van der Waals surface area (Å²) < 4.78 is 10.9. The van der Waals surface area contributed by atoms with Crippen LogP contribution in [0.3, 0.4) is 0 Å². The lowest BCUT2D eigenvalue weighted by atomic mass is 9.80. The van der Waals surface area contributed by atoms with Crippen LogP contribution in [0.5, 0.6) is 5.75 Å². The molecule has 0 bridgehead atoms. The van der Waals surface area contributed by atoms with E-state index in [9.17, 15) is 9.59 Å². The Hall–Kier alpha value is -3.02. The number of hydrogen-bond acceptors (Lipinski definition) is 5. The van der Waals surface area contributed by atoms with Gasteiger partial charge in [-0.25, -0.2) is 4.79 Å². The van der Waals surface area contributed by atoms with E-state index in [1.807, 2.05) is 18.2 Å². The maximum absolute atomic E-state index is 13.5. The summed E-state index contributed by atoms with van der Waals surface area (Å²) in [7, 11) is 0. The van der Waals surface area contributed by atoms with Crippen LogP contribution in [0.25, 0.3) is 5.70 Å². The van der Waals surface area contributed by atoms with Crippen LogP contribution in [0.2, 0.25) is 10.0 Å². The first kappa shape index (κ1) is 22.2. The van der Waals surface area contributed by atoms with Crippen LogP contribution in [0.15, 0.2) is 65.9 Å². The molecule has 4 rings (SSSR count). The normalized spacial score (nSPS) is 17.0. The molecule has 1 heterocycles. The van der Waals surface area contributed by atoms with Crippen LogP contribution in [-0.4, -0.2) is 25.0 Å². The second-order valence-corrected chi connectivity index (χ2v) is 8.21. The van der Waals surface area contributed by atoms with Crippen molar-refractivity contribution in [2.75, 3.05) is 13.2 Å². The molecule has 0 fully saturated rings. The molecule has 0 saturated carbocycles. The number of rotatable bonds is 6. The summed E-state index contributed by atoms with van der Waals surface area (Å²) in [5.41, 5.74) is 4.07. The maximum Gasteiger partial charge on any atom is 0.336 e. The largest absolute Gasteiger partial charge is 0.486 e. The van der Waals surface area contributed by atoms with Gasteiger partial charge in [-0.05, 0) is 31.5 Å². The number of esters is 1. The standard InChI is InChI=1S/C25H21Cl2NO4/c1-4-10-32-24-17(26)11-14(12-18(24)27)20-19(25(30)31-5-2)13(3)28-22-15-8-6-7-9-16(15)23(29)21(20)22/h4,6-9,11-12,20,28H,1,5,10H2,2-3H3/t20-/m1/s1. The summed E-state index contributed by atoms with van der Waals surface area (Å²) in [4.78, 5) is 26.4. The second-order valence-electron chi connectivity index (χ2n) is 7.39. The van der Waals surface area contributed by atoms with Gasteiger partial charge in [-0.3, -0.25) is 4.79 Å². The number of dihydropyridines is 1. The summed E-state index contributed by atoms with van der Waals surface area (Å²) in [6.45, 7) is 7.60. The van der Waals surface area contributed by atoms with Crippen molar-refractivity contribution in [3.8, 4) is 5.75 Å². The number of benzene rings is 2. The summed E-state index contributed by atoms with van der Waals surface area (Å²) in [5.74, 6) is -1.04. The number of halogens is 2. The Kier molecular flexibility index (Phi) is 6.13. The number of carbonyl (C=O) groups excluding carboxylic acids is 2. The summed E-state index contributed by atoms with van der Waals surface area (Å²) in [6, 6.07) is 10.7. The van der Waals surface area contributed by atoms with E-state index >= 15 is 0 Å². The first-order valence-corrected chi connectivity index (χ1v) is 10.9. The number of fused-ring (bicyclic) bond motifs is 2. The molecular weight excluding hydrogens is 449 g/mol. The van der Waals surface area contributed by atoms with Gasteiger partial charge in [0, 0.05) is 28.3 Å². The number of carbonyl (C=O) groups is 2. The van der Waals surface area contributed by atoms with E-state index in [4.69, 9.17) is 32.7 Å². The van der Waals surface area contributed by atoms with Crippen molar-refractivity contribution in [3.63, 3.8) is 0 Å². The van der Waals surface area contributed by atoms with Crippen molar-refractivity contribution < 1.29 is 19.1 Å². The highest BCUT2D eigenvalue weighted by molar-refractivity contribution is 6.37. The third kappa shape index (κ3) is 3.61. The van der Waals surface area contributed by atoms with Crippen LogP contribution < -0.4 is 10.1 Å². The summed E-state index contributed by atoms with van der Waals surface area (Å²) in [5, 5.41) is 3.81. The highest BCUT2D eigenvalue weighted by atomic mass is 35.5. The Bertz CT molecular complexity index is 1190. The molecule has 1 atom stereocenters. The highest BCUT2D eigenvalue weighted by Gasteiger charge is 2.43. The number of Topliss-reactive ketones (excluding diaryl/α,β-unsaturated/α-hetero) is 1. The molecular formula is C25H21Cl2NO4. The molecule has 2 aromatic carbocycles. The molecule has 32 heavy (non-hydrogen) atoms. The maximum atomic E-state index is 13.5. The van der Waals surface area contributed by atoms with Gasteiger partial charge in [0.2, 0.25) is 0 Å². The molecule has 1 aliphatic heterocycles. The van der Waals surface area contributed by atoms with E-state index in [-0.39, 0.29) is 29.0 Å².